The summed E-state index contributed by atoms with van der Waals surface area (Å²) in [6.45, 7) is 8.72. The molecule has 2 rings (SSSR count). The first kappa shape index (κ1) is 20.2. The lowest BCUT2D eigenvalue weighted by Crippen LogP contribution is -2.61. The molecule has 2 aliphatic carbocycles. The molecular weight excluding hydrogens is 324 g/mol. The van der Waals surface area contributed by atoms with E-state index in [-0.39, 0.29) is 48.3 Å². The van der Waals surface area contributed by atoms with Gasteiger partial charge in [-0.25, -0.2) is 0 Å². The number of aliphatic hydroxyl groups excluding tert-OH is 2. The number of aliphatic hydroxyl groups is 2. The molecule has 25 heavy (non-hydrogen) atoms. The lowest BCUT2D eigenvalue weighted by Gasteiger charge is -2.58. The van der Waals surface area contributed by atoms with E-state index in [0.717, 1.165) is 0 Å². The van der Waals surface area contributed by atoms with Gasteiger partial charge in [0.1, 0.15) is 12.2 Å². The lowest BCUT2D eigenvalue weighted by molar-refractivity contribution is -0.215. The Kier molecular flexibility index (Phi) is 6.15. The van der Waals surface area contributed by atoms with Gasteiger partial charge < -0.3 is 19.7 Å². The summed E-state index contributed by atoms with van der Waals surface area (Å²) in [7, 11) is 0. The summed E-state index contributed by atoms with van der Waals surface area (Å²) in [5.74, 6) is -1.07. The van der Waals surface area contributed by atoms with Crippen LogP contribution in [-0.4, -0.2) is 47.1 Å². The van der Waals surface area contributed by atoms with E-state index >= 15 is 0 Å². The Hall–Kier alpha value is -1.14. The van der Waals surface area contributed by atoms with Crippen LogP contribution in [0.25, 0.3) is 0 Å². The second-order valence-electron chi connectivity index (χ2n) is 8.23. The smallest absolute Gasteiger partial charge is 0.302 e. The van der Waals surface area contributed by atoms with Crippen molar-refractivity contribution in [3.63, 3.8) is 0 Å². The van der Waals surface area contributed by atoms with Crippen LogP contribution in [-0.2, 0) is 19.1 Å². The quantitative estimate of drug-likeness (QED) is 0.748. The molecule has 0 spiro atoms. The van der Waals surface area contributed by atoms with E-state index in [2.05, 4.69) is 0 Å². The molecule has 2 saturated carbocycles. The average molecular weight is 356 g/mol. The van der Waals surface area contributed by atoms with Crippen molar-refractivity contribution in [2.24, 2.45) is 29.1 Å². The molecule has 0 aromatic heterocycles. The minimum Gasteiger partial charge on any atom is -0.462 e. The highest BCUT2D eigenvalue weighted by molar-refractivity contribution is 5.66. The number of ether oxygens (including phenoxy) is 2. The Morgan fingerprint density at radius 1 is 1.24 bits per heavy atom. The van der Waals surface area contributed by atoms with Crippen LogP contribution in [0.1, 0.15) is 53.9 Å². The topological polar surface area (TPSA) is 93.1 Å². The van der Waals surface area contributed by atoms with Crippen molar-refractivity contribution in [1.29, 1.82) is 0 Å². The predicted octanol–water partition coefficient (Wildman–Crippen LogP) is 1.91. The molecular formula is C19H32O6. The van der Waals surface area contributed by atoms with E-state index in [1.54, 1.807) is 0 Å². The van der Waals surface area contributed by atoms with Crippen molar-refractivity contribution in [3.8, 4) is 0 Å². The second-order valence-corrected chi connectivity index (χ2v) is 8.23. The van der Waals surface area contributed by atoms with Crippen molar-refractivity contribution in [1.82, 2.24) is 0 Å². The summed E-state index contributed by atoms with van der Waals surface area (Å²) in [5.41, 5.74) is -0.401. The van der Waals surface area contributed by atoms with Gasteiger partial charge in [-0.1, -0.05) is 20.8 Å². The van der Waals surface area contributed by atoms with E-state index in [1.165, 1.54) is 13.8 Å². The van der Waals surface area contributed by atoms with Gasteiger partial charge in [0.15, 0.2) is 0 Å². The highest BCUT2D eigenvalue weighted by Gasteiger charge is 2.59. The first-order valence-electron chi connectivity index (χ1n) is 9.25. The Balaban J connectivity index is 2.40. The Labute approximate surface area is 149 Å². The Morgan fingerprint density at radius 3 is 2.36 bits per heavy atom. The van der Waals surface area contributed by atoms with Gasteiger partial charge in [0.25, 0.3) is 0 Å². The van der Waals surface area contributed by atoms with Crippen LogP contribution in [0.4, 0.5) is 0 Å². The summed E-state index contributed by atoms with van der Waals surface area (Å²) >= 11 is 0. The third-order valence-electron chi connectivity index (χ3n) is 6.55. The van der Waals surface area contributed by atoms with Crippen LogP contribution in [0.15, 0.2) is 0 Å². The van der Waals surface area contributed by atoms with Crippen molar-refractivity contribution in [2.45, 2.75) is 72.2 Å². The molecule has 0 saturated heterocycles. The molecule has 8 atom stereocenters. The Bertz CT molecular complexity index is 506. The summed E-state index contributed by atoms with van der Waals surface area (Å²) in [6.07, 6.45) is 0.712. The van der Waals surface area contributed by atoms with Crippen molar-refractivity contribution >= 4 is 11.9 Å². The van der Waals surface area contributed by atoms with Crippen LogP contribution in [0.5, 0.6) is 0 Å². The standard InChI is InChI=1S/C19H32O6/c1-10(9-20)14-8-16(23)19(5)7-6-15(24-12(3)21)11(2)17(19)18(14)25-13(4)22/h10-11,14-18,20,23H,6-9H2,1-5H3/t10-,11+,14+,15+,16+,17-,18+,19-/m1/s1. The van der Waals surface area contributed by atoms with Crippen LogP contribution >= 0.6 is 0 Å². The molecule has 0 aromatic carbocycles. The van der Waals surface area contributed by atoms with Gasteiger partial charge in [0, 0.05) is 43.6 Å². The third-order valence-corrected chi connectivity index (χ3v) is 6.55. The molecule has 0 aliphatic heterocycles. The van der Waals surface area contributed by atoms with Gasteiger partial charge in [-0.2, -0.15) is 0 Å². The van der Waals surface area contributed by atoms with Crippen LogP contribution in [0, 0.1) is 29.1 Å². The zero-order valence-corrected chi connectivity index (χ0v) is 15.9. The molecule has 0 aromatic rings. The second kappa shape index (κ2) is 7.62. The fourth-order valence-corrected chi connectivity index (χ4v) is 5.13. The first-order chi connectivity index (χ1) is 11.6. The molecule has 0 heterocycles. The molecule has 0 unspecified atom stereocenters. The zero-order chi connectivity index (χ0) is 18.9. The SMILES string of the molecule is CC(=O)O[C@H]1[C@H]([C@H](C)CO)C[C@H](O)[C@@]2(C)CC[C@H](OC(C)=O)[C@H](C)[C@H]12. The largest absolute Gasteiger partial charge is 0.462 e. The third kappa shape index (κ3) is 3.85. The maximum Gasteiger partial charge on any atom is 0.302 e. The normalized spacial score (nSPS) is 42.2. The average Bonchev–Trinajstić information content (AvgIpc) is 2.52. The first-order valence-corrected chi connectivity index (χ1v) is 9.25. The summed E-state index contributed by atoms with van der Waals surface area (Å²) in [4.78, 5) is 23.2. The van der Waals surface area contributed by atoms with E-state index in [1.807, 2.05) is 20.8 Å². The predicted molar refractivity (Wildman–Crippen MR) is 91.5 cm³/mol. The summed E-state index contributed by atoms with van der Waals surface area (Å²) in [5, 5.41) is 20.5. The molecule has 2 fully saturated rings. The highest BCUT2D eigenvalue weighted by atomic mass is 16.6. The molecule has 144 valence electrons. The van der Waals surface area contributed by atoms with E-state index in [0.29, 0.717) is 19.3 Å². The van der Waals surface area contributed by atoms with E-state index < -0.39 is 17.6 Å². The van der Waals surface area contributed by atoms with Gasteiger partial charge in [0.05, 0.1) is 6.10 Å². The molecule has 6 nitrogen and oxygen atoms in total. The zero-order valence-electron chi connectivity index (χ0n) is 15.9. The van der Waals surface area contributed by atoms with Crippen molar-refractivity contribution in [3.05, 3.63) is 0 Å². The van der Waals surface area contributed by atoms with Crippen molar-refractivity contribution < 1.29 is 29.3 Å². The number of hydrogen-bond donors (Lipinski definition) is 2. The van der Waals surface area contributed by atoms with Gasteiger partial charge in [0.2, 0.25) is 0 Å². The molecule has 6 heteroatoms. The fraction of sp³-hybridized carbons (Fsp3) is 0.895. The molecule has 0 bridgehead atoms. The fourth-order valence-electron chi connectivity index (χ4n) is 5.13. The number of rotatable bonds is 4. The minimum atomic E-state index is -0.538. The molecule has 2 N–H and O–H groups in total. The maximum absolute atomic E-state index is 11.8. The monoisotopic (exact) mass is 356 g/mol. The summed E-state index contributed by atoms with van der Waals surface area (Å²) < 4.78 is 11.2. The minimum absolute atomic E-state index is 0.0274. The van der Waals surface area contributed by atoms with Crippen LogP contribution in [0.2, 0.25) is 0 Å². The number of hydrogen-bond acceptors (Lipinski definition) is 6. The van der Waals surface area contributed by atoms with E-state index in [9.17, 15) is 19.8 Å². The Morgan fingerprint density at radius 2 is 1.84 bits per heavy atom. The van der Waals surface area contributed by atoms with E-state index in [4.69, 9.17) is 9.47 Å². The number of carbonyl (C=O) groups is 2. The number of carbonyl (C=O) groups excluding carboxylic acids is 2. The molecule has 0 amide bonds. The summed E-state index contributed by atoms with van der Waals surface area (Å²) in [6, 6.07) is 0. The van der Waals surface area contributed by atoms with Crippen LogP contribution < -0.4 is 0 Å². The number of fused-ring (bicyclic) bond motifs is 1. The van der Waals surface area contributed by atoms with Gasteiger partial charge in [-0.3, -0.25) is 9.59 Å². The lowest BCUT2D eigenvalue weighted by atomic mass is 9.51. The highest BCUT2D eigenvalue weighted by Crippen LogP contribution is 2.56. The number of esters is 2. The van der Waals surface area contributed by atoms with Gasteiger partial charge >= 0.3 is 11.9 Å². The van der Waals surface area contributed by atoms with Gasteiger partial charge in [-0.05, 0) is 25.2 Å². The molecule has 0 radical (unpaired) electrons. The molecule has 2 aliphatic rings. The maximum atomic E-state index is 11.8. The van der Waals surface area contributed by atoms with Gasteiger partial charge in [-0.15, -0.1) is 0 Å². The van der Waals surface area contributed by atoms with Crippen LogP contribution in [0.3, 0.4) is 0 Å². The van der Waals surface area contributed by atoms with Crippen molar-refractivity contribution in [2.75, 3.05) is 6.61 Å².